The summed E-state index contributed by atoms with van der Waals surface area (Å²) in [5.41, 5.74) is 0.629. The number of aromatic nitrogens is 1. The molecule has 2 atom stereocenters. The summed E-state index contributed by atoms with van der Waals surface area (Å²) >= 11 is 5.99. The maximum absolute atomic E-state index is 13.0. The van der Waals surface area contributed by atoms with Crippen LogP contribution < -0.4 is 4.74 Å². The normalized spacial score (nSPS) is 17.6. The van der Waals surface area contributed by atoms with E-state index in [2.05, 4.69) is 4.98 Å². The van der Waals surface area contributed by atoms with Gasteiger partial charge in [0.1, 0.15) is 12.7 Å². The zero-order valence-electron chi connectivity index (χ0n) is 15.4. The van der Waals surface area contributed by atoms with Crippen molar-refractivity contribution >= 4 is 23.5 Å². The molecule has 1 aliphatic heterocycles. The third kappa shape index (κ3) is 5.21. The molecule has 1 aromatic carbocycles. The van der Waals surface area contributed by atoms with E-state index >= 15 is 0 Å². The second-order valence-electron chi connectivity index (χ2n) is 6.28. The molecule has 0 N–H and O–H groups in total. The first-order chi connectivity index (χ1) is 13.5. The minimum absolute atomic E-state index is 0.221. The van der Waals surface area contributed by atoms with Gasteiger partial charge in [0.05, 0.1) is 13.2 Å². The summed E-state index contributed by atoms with van der Waals surface area (Å²) in [5, 5.41) is 0.269. The average Bonchev–Trinajstić information content (AvgIpc) is 2.72. The van der Waals surface area contributed by atoms with Gasteiger partial charge < -0.3 is 19.1 Å². The number of morpholine rings is 1. The molecule has 28 heavy (non-hydrogen) atoms. The van der Waals surface area contributed by atoms with E-state index in [0.29, 0.717) is 31.0 Å². The molecule has 2 aromatic rings. The Morgan fingerprint density at radius 2 is 2.07 bits per heavy atom. The van der Waals surface area contributed by atoms with Crippen LogP contribution in [0, 0.1) is 0 Å². The fraction of sp³-hybridized carbons (Fsp3) is 0.350. The van der Waals surface area contributed by atoms with Crippen LogP contribution in [0.1, 0.15) is 18.6 Å². The van der Waals surface area contributed by atoms with Gasteiger partial charge in [-0.1, -0.05) is 41.9 Å². The van der Waals surface area contributed by atoms with Crippen LogP contribution in [0.5, 0.6) is 5.75 Å². The van der Waals surface area contributed by atoms with Crippen LogP contribution in [-0.2, 0) is 19.1 Å². The maximum atomic E-state index is 13.0. The van der Waals surface area contributed by atoms with Crippen molar-refractivity contribution in [1.82, 2.24) is 9.88 Å². The number of carbonyl (C=O) groups excluding carboxylic acids is 2. The number of rotatable bonds is 6. The van der Waals surface area contributed by atoms with Gasteiger partial charge in [0, 0.05) is 25.2 Å². The molecule has 7 nitrogen and oxygen atoms in total. The summed E-state index contributed by atoms with van der Waals surface area (Å²) in [6.07, 6.45) is 0.264. The summed E-state index contributed by atoms with van der Waals surface area (Å²) in [6, 6.07) is 12.4. The predicted octanol–water partition coefficient (Wildman–Crippen LogP) is 2.65. The predicted molar refractivity (Wildman–Crippen MR) is 102 cm³/mol. The van der Waals surface area contributed by atoms with Gasteiger partial charge in [-0.2, -0.15) is 0 Å². The van der Waals surface area contributed by atoms with E-state index in [1.165, 1.54) is 6.92 Å². The molecule has 1 aliphatic rings. The number of hydrogen-bond donors (Lipinski definition) is 0. The lowest BCUT2D eigenvalue weighted by Gasteiger charge is -2.34. The summed E-state index contributed by atoms with van der Waals surface area (Å²) < 4.78 is 16.7. The van der Waals surface area contributed by atoms with Crippen LogP contribution in [0.2, 0.25) is 5.15 Å². The van der Waals surface area contributed by atoms with E-state index in [9.17, 15) is 9.59 Å². The molecular formula is C20H21ClN2O5. The third-order valence-electron chi connectivity index (χ3n) is 4.21. The number of halogens is 1. The number of amides is 1. The van der Waals surface area contributed by atoms with Gasteiger partial charge in [-0.05, 0) is 12.1 Å². The van der Waals surface area contributed by atoms with Crippen LogP contribution in [0.4, 0.5) is 0 Å². The Morgan fingerprint density at radius 3 is 2.79 bits per heavy atom. The number of ether oxygens (including phenoxy) is 3. The highest BCUT2D eigenvalue weighted by Gasteiger charge is 2.32. The van der Waals surface area contributed by atoms with Crippen molar-refractivity contribution in [3.63, 3.8) is 0 Å². The van der Waals surface area contributed by atoms with E-state index in [4.69, 9.17) is 25.8 Å². The van der Waals surface area contributed by atoms with Gasteiger partial charge in [0.25, 0.3) is 5.91 Å². The summed E-state index contributed by atoms with van der Waals surface area (Å²) in [7, 11) is 0. The molecule has 0 radical (unpaired) electrons. The number of carbonyl (C=O) groups is 2. The van der Waals surface area contributed by atoms with Gasteiger partial charge in [-0.25, -0.2) is 4.98 Å². The van der Waals surface area contributed by atoms with E-state index in [0.717, 1.165) is 0 Å². The number of benzene rings is 1. The molecule has 148 valence electrons. The van der Waals surface area contributed by atoms with Crippen LogP contribution in [0.25, 0.3) is 0 Å². The highest BCUT2D eigenvalue weighted by molar-refractivity contribution is 6.30. The number of nitrogens with zero attached hydrogens (tertiary/aromatic N) is 2. The van der Waals surface area contributed by atoms with E-state index in [1.807, 2.05) is 6.07 Å². The molecule has 0 saturated carbocycles. The van der Waals surface area contributed by atoms with Crippen LogP contribution in [-0.4, -0.2) is 54.2 Å². The van der Waals surface area contributed by atoms with Crippen molar-refractivity contribution in [2.45, 2.75) is 19.1 Å². The standard InChI is InChI=1S/C20H21ClN2O5/c1-14(24)28-18(15-6-3-2-4-7-15)20(25)23-10-11-26-16(12-23)13-27-17-8-5-9-22-19(17)21/h2-9,16,18H,10-13H2,1H3/t16?,18-/m1/s1. The van der Waals surface area contributed by atoms with Gasteiger partial charge in [-0.15, -0.1) is 0 Å². The first kappa shape index (κ1) is 20.1. The molecule has 3 rings (SSSR count). The van der Waals surface area contributed by atoms with Crippen LogP contribution in [0.3, 0.4) is 0 Å². The van der Waals surface area contributed by atoms with Crippen LogP contribution in [0.15, 0.2) is 48.7 Å². The summed E-state index contributed by atoms with van der Waals surface area (Å²) in [6.45, 7) is 2.60. The minimum atomic E-state index is -0.980. The van der Waals surface area contributed by atoms with E-state index in [-0.39, 0.29) is 23.8 Å². The zero-order valence-corrected chi connectivity index (χ0v) is 16.2. The molecule has 1 amide bonds. The second kappa shape index (κ2) is 9.52. The Bertz CT molecular complexity index is 817. The lowest BCUT2D eigenvalue weighted by Crippen LogP contribution is -2.49. The molecule has 8 heteroatoms. The minimum Gasteiger partial charge on any atom is -0.488 e. The van der Waals surface area contributed by atoms with Gasteiger partial charge >= 0.3 is 5.97 Å². The Kier molecular flexibility index (Phi) is 6.84. The number of pyridine rings is 1. The fourth-order valence-corrected chi connectivity index (χ4v) is 3.08. The second-order valence-corrected chi connectivity index (χ2v) is 6.64. The molecule has 2 heterocycles. The van der Waals surface area contributed by atoms with Crippen molar-refractivity contribution in [2.75, 3.05) is 26.3 Å². The maximum Gasteiger partial charge on any atom is 0.303 e. The van der Waals surface area contributed by atoms with Crippen molar-refractivity contribution in [3.05, 3.63) is 59.4 Å². The monoisotopic (exact) mass is 404 g/mol. The summed E-state index contributed by atoms with van der Waals surface area (Å²) in [5.74, 6) is -0.339. The molecule has 0 spiro atoms. The van der Waals surface area contributed by atoms with Gasteiger partial charge in [-0.3, -0.25) is 9.59 Å². The Labute approximate surface area is 168 Å². The Balaban J connectivity index is 1.65. The lowest BCUT2D eigenvalue weighted by molar-refractivity contribution is -0.163. The quantitative estimate of drug-likeness (QED) is 0.544. The molecule has 1 fully saturated rings. The smallest absolute Gasteiger partial charge is 0.303 e. The van der Waals surface area contributed by atoms with Crippen molar-refractivity contribution < 1.29 is 23.8 Å². The first-order valence-corrected chi connectivity index (χ1v) is 9.28. The average molecular weight is 405 g/mol. The van der Waals surface area contributed by atoms with Crippen molar-refractivity contribution in [3.8, 4) is 5.75 Å². The first-order valence-electron chi connectivity index (χ1n) is 8.90. The van der Waals surface area contributed by atoms with Gasteiger partial charge in [0.15, 0.2) is 10.9 Å². The Hall–Kier alpha value is -2.64. The van der Waals surface area contributed by atoms with Crippen LogP contribution >= 0.6 is 11.6 Å². The number of esters is 1. The lowest BCUT2D eigenvalue weighted by atomic mass is 10.1. The van der Waals surface area contributed by atoms with E-state index < -0.39 is 12.1 Å². The molecule has 1 aromatic heterocycles. The van der Waals surface area contributed by atoms with Crippen molar-refractivity contribution in [2.24, 2.45) is 0 Å². The van der Waals surface area contributed by atoms with E-state index in [1.54, 1.807) is 47.5 Å². The molecule has 0 aliphatic carbocycles. The summed E-state index contributed by atoms with van der Waals surface area (Å²) in [4.78, 5) is 30.1. The topological polar surface area (TPSA) is 78.0 Å². The fourth-order valence-electron chi connectivity index (χ4n) is 2.90. The van der Waals surface area contributed by atoms with Crippen molar-refractivity contribution in [1.29, 1.82) is 0 Å². The molecule has 0 bridgehead atoms. The SMILES string of the molecule is CC(=O)O[C@@H](C(=O)N1CCOC(COc2cccnc2Cl)C1)c1ccccc1. The highest BCUT2D eigenvalue weighted by Crippen LogP contribution is 2.23. The largest absolute Gasteiger partial charge is 0.488 e. The number of hydrogen-bond acceptors (Lipinski definition) is 6. The molecule has 1 unspecified atom stereocenters. The highest BCUT2D eigenvalue weighted by atomic mass is 35.5. The molecule has 1 saturated heterocycles. The van der Waals surface area contributed by atoms with Gasteiger partial charge in [0.2, 0.25) is 6.10 Å². The molecular weight excluding hydrogens is 384 g/mol. The Morgan fingerprint density at radius 1 is 1.29 bits per heavy atom. The zero-order chi connectivity index (χ0) is 19.9. The third-order valence-corrected chi connectivity index (χ3v) is 4.49.